The Hall–Kier alpha value is -4.66. The van der Waals surface area contributed by atoms with Gasteiger partial charge < -0.3 is 19.9 Å². The Kier molecular flexibility index (Phi) is 8.29. The molecule has 3 aromatic carbocycles. The Morgan fingerprint density at radius 2 is 1.87 bits per heavy atom. The minimum atomic E-state index is -0.632. The van der Waals surface area contributed by atoms with E-state index in [1.807, 2.05) is 32.0 Å². The molecule has 2 N–H and O–H groups in total. The van der Waals surface area contributed by atoms with Crippen molar-refractivity contribution < 1.29 is 19.0 Å². The summed E-state index contributed by atoms with van der Waals surface area (Å²) in [5, 5.41) is 5.01. The Bertz CT molecular complexity index is 1610. The smallest absolute Gasteiger partial charge is 0.282 e. The van der Waals surface area contributed by atoms with Gasteiger partial charge in [0.05, 0.1) is 30.8 Å². The van der Waals surface area contributed by atoms with Gasteiger partial charge in [-0.1, -0.05) is 32.0 Å². The summed E-state index contributed by atoms with van der Waals surface area (Å²) in [6.07, 6.45) is 1.48. The molecule has 0 aliphatic carbocycles. The summed E-state index contributed by atoms with van der Waals surface area (Å²) in [6.45, 7) is 8.29. The van der Waals surface area contributed by atoms with Crippen molar-refractivity contribution in [2.24, 2.45) is 10.8 Å². The molecule has 0 unspecified atom stereocenters. The van der Waals surface area contributed by atoms with E-state index in [9.17, 15) is 9.59 Å². The van der Waals surface area contributed by atoms with Crippen molar-refractivity contribution >= 4 is 23.0 Å². The zero-order chi connectivity index (χ0) is 28.1. The predicted octanol–water partition coefficient (Wildman–Crippen LogP) is 4.65. The van der Waals surface area contributed by atoms with Gasteiger partial charge in [-0.05, 0) is 67.3 Å². The van der Waals surface area contributed by atoms with Gasteiger partial charge >= 0.3 is 0 Å². The third kappa shape index (κ3) is 5.77. The fourth-order valence-corrected chi connectivity index (χ4v) is 4.29. The van der Waals surface area contributed by atoms with E-state index in [2.05, 4.69) is 18.9 Å². The standard InChI is InChI=1S/C30H32N4O5/c1-6-38-26-14-19(4)23(15-22(26)18(2)3)29-33-24-12-8-7-11-21(24)30(36)34(29)32-16-20-10-9-13-25(37-5)28(20)39-17-27(31)35/h7-16,18H,6,17H2,1-5H3,(H2,31,35). The first-order valence-corrected chi connectivity index (χ1v) is 12.7. The van der Waals surface area contributed by atoms with E-state index in [1.165, 1.54) is 18.0 Å². The summed E-state index contributed by atoms with van der Waals surface area (Å²) in [4.78, 5) is 30.0. The van der Waals surface area contributed by atoms with Crippen LogP contribution in [0.15, 0.2) is 64.5 Å². The Balaban J connectivity index is 1.95. The average molecular weight is 529 g/mol. The molecule has 0 saturated heterocycles. The van der Waals surface area contributed by atoms with Gasteiger partial charge in [-0.2, -0.15) is 9.78 Å². The molecule has 1 heterocycles. The summed E-state index contributed by atoms with van der Waals surface area (Å²) < 4.78 is 18.2. The minimum absolute atomic E-state index is 0.178. The van der Waals surface area contributed by atoms with Crippen molar-refractivity contribution in [3.8, 4) is 28.6 Å². The molecule has 0 saturated carbocycles. The Morgan fingerprint density at radius 1 is 1.10 bits per heavy atom. The monoisotopic (exact) mass is 528 g/mol. The highest BCUT2D eigenvalue weighted by Gasteiger charge is 2.19. The summed E-state index contributed by atoms with van der Waals surface area (Å²) >= 11 is 0. The first-order valence-electron chi connectivity index (χ1n) is 12.7. The highest BCUT2D eigenvalue weighted by Crippen LogP contribution is 2.34. The van der Waals surface area contributed by atoms with Crippen LogP contribution in [0.2, 0.25) is 0 Å². The molecule has 9 nitrogen and oxygen atoms in total. The van der Waals surface area contributed by atoms with Gasteiger partial charge in [-0.3, -0.25) is 9.59 Å². The van der Waals surface area contributed by atoms with Crippen LogP contribution in [0.1, 0.15) is 43.4 Å². The van der Waals surface area contributed by atoms with Crippen molar-refractivity contribution in [3.63, 3.8) is 0 Å². The van der Waals surface area contributed by atoms with Crippen LogP contribution in [0.4, 0.5) is 0 Å². The zero-order valence-corrected chi connectivity index (χ0v) is 22.7. The highest BCUT2D eigenvalue weighted by atomic mass is 16.5. The second-order valence-electron chi connectivity index (χ2n) is 9.24. The summed E-state index contributed by atoms with van der Waals surface area (Å²) in [6, 6.07) is 16.3. The van der Waals surface area contributed by atoms with Crippen LogP contribution >= 0.6 is 0 Å². The number of carbonyl (C=O) groups excluding carboxylic acids is 1. The van der Waals surface area contributed by atoms with Crippen LogP contribution in [-0.2, 0) is 4.79 Å². The maximum Gasteiger partial charge on any atom is 0.282 e. The molecule has 4 rings (SSSR count). The molecule has 0 aliphatic heterocycles. The molecule has 0 spiro atoms. The number of carbonyl (C=O) groups is 1. The molecule has 9 heteroatoms. The minimum Gasteiger partial charge on any atom is -0.494 e. The number of benzene rings is 3. The van der Waals surface area contributed by atoms with Crippen LogP contribution in [0, 0.1) is 6.92 Å². The quantitative estimate of drug-likeness (QED) is 0.300. The van der Waals surface area contributed by atoms with Crippen LogP contribution in [0.25, 0.3) is 22.3 Å². The lowest BCUT2D eigenvalue weighted by Gasteiger charge is -2.18. The van der Waals surface area contributed by atoms with Gasteiger partial charge in [-0.15, -0.1) is 0 Å². The van der Waals surface area contributed by atoms with Crippen molar-refractivity contribution in [3.05, 3.63) is 81.6 Å². The molecule has 0 aliphatic rings. The Labute approximate surface area is 226 Å². The lowest BCUT2D eigenvalue weighted by atomic mass is 9.96. The van der Waals surface area contributed by atoms with Crippen LogP contribution in [0.5, 0.6) is 17.2 Å². The van der Waals surface area contributed by atoms with Gasteiger partial charge in [0, 0.05) is 11.1 Å². The lowest BCUT2D eigenvalue weighted by molar-refractivity contribution is -0.119. The number of aryl methyl sites for hydroxylation is 1. The van der Waals surface area contributed by atoms with E-state index >= 15 is 0 Å². The summed E-state index contributed by atoms with van der Waals surface area (Å²) in [5.74, 6) is 1.42. The van der Waals surface area contributed by atoms with Gasteiger partial charge in [0.2, 0.25) is 0 Å². The maximum atomic E-state index is 13.7. The molecule has 0 fully saturated rings. The summed E-state index contributed by atoms with van der Waals surface area (Å²) in [7, 11) is 1.49. The van der Waals surface area contributed by atoms with Crippen molar-refractivity contribution in [1.82, 2.24) is 9.66 Å². The SMILES string of the molecule is CCOc1cc(C)c(-c2nc3ccccc3c(=O)n2N=Cc2cccc(OC)c2OCC(N)=O)cc1C(C)C. The molecular formula is C30H32N4O5. The van der Waals surface area contributed by atoms with Crippen molar-refractivity contribution in [2.75, 3.05) is 20.3 Å². The van der Waals surface area contributed by atoms with Crippen LogP contribution in [-0.4, -0.2) is 42.1 Å². The van der Waals surface area contributed by atoms with E-state index in [0.717, 1.165) is 22.4 Å². The highest BCUT2D eigenvalue weighted by molar-refractivity contribution is 5.86. The van der Waals surface area contributed by atoms with Gasteiger partial charge in [0.25, 0.3) is 11.5 Å². The molecular weight excluding hydrogens is 496 g/mol. The van der Waals surface area contributed by atoms with Crippen LogP contribution in [0.3, 0.4) is 0 Å². The van der Waals surface area contributed by atoms with Gasteiger partial charge in [0.15, 0.2) is 23.9 Å². The molecule has 202 valence electrons. The number of ether oxygens (including phenoxy) is 3. The number of amides is 1. The largest absolute Gasteiger partial charge is 0.494 e. The fraction of sp³-hybridized carbons (Fsp3) is 0.267. The normalized spacial score (nSPS) is 11.3. The molecule has 39 heavy (non-hydrogen) atoms. The average Bonchev–Trinajstić information content (AvgIpc) is 2.91. The van der Waals surface area contributed by atoms with Crippen molar-refractivity contribution in [1.29, 1.82) is 0 Å². The maximum absolute atomic E-state index is 13.7. The number of aromatic nitrogens is 2. The van der Waals surface area contributed by atoms with E-state index in [4.69, 9.17) is 24.9 Å². The number of hydrogen-bond donors (Lipinski definition) is 1. The van der Waals surface area contributed by atoms with Crippen molar-refractivity contribution in [2.45, 2.75) is 33.6 Å². The first kappa shape index (κ1) is 27.4. The number of methoxy groups -OCH3 is 1. The number of hydrogen-bond acceptors (Lipinski definition) is 7. The first-order chi connectivity index (χ1) is 18.7. The third-order valence-electron chi connectivity index (χ3n) is 6.17. The number of fused-ring (bicyclic) bond motifs is 1. The topological polar surface area (TPSA) is 118 Å². The molecule has 0 bridgehead atoms. The molecule has 1 amide bonds. The number of primary amides is 1. The molecule has 0 radical (unpaired) electrons. The fourth-order valence-electron chi connectivity index (χ4n) is 4.29. The van der Waals surface area contributed by atoms with Crippen LogP contribution < -0.4 is 25.5 Å². The van der Waals surface area contributed by atoms with E-state index in [0.29, 0.717) is 34.6 Å². The number of para-hydroxylation sites is 2. The second kappa shape index (κ2) is 11.8. The second-order valence-corrected chi connectivity index (χ2v) is 9.24. The number of nitrogens with zero attached hydrogens (tertiary/aromatic N) is 3. The third-order valence-corrected chi connectivity index (χ3v) is 6.17. The van der Waals surface area contributed by atoms with E-state index in [-0.39, 0.29) is 23.8 Å². The molecule has 1 aromatic heterocycles. The molecule has 0 atom stereocenters. The predicted molar refractivity (Wildman–Crippen MR) is 152 cm³/mol. The van der Waals surface area contributed by atoms with E-state index in [1.54, 1.807) is 36.4 Å². The Morgan fingerprint density at radius 3 is 2.56 bits per heavy atom. The van der Waals surface area contributed by atoms with Gasteiger partial charge in [0.1, 0.15) is 5.75 Å². The van der Waals surface area contributed by atoms with Gasteiger partial charge in [-0.25, -0.2) is 4.98 Å². The van der Waals surface area contributed by atoms with E-state index < -0.39 is 5.91 Å². The zero-order valence-electron chi connectivity index (χ0n) is 22.7. The number of rotatable bonds is 10. The lowest BCUT2D eigenvalue weighted by Crippen LogP contribution is -2.21. The number of nitrogens with two attached hydrogens (primary N) is 1. The molecule has 4 aromatic rings. The summed E-state index contributed by atoms with van der Waals surface area (Å²) in [5.41, 5.74) is 8.67.